The number of nitrogens with zero attached hydrogens (tertiary/aromatic N) is 2. The second-order valence-electron chi connectivity index (χ2n) is 8.79. The number of ether oxygens (including phenoxy) is 2. The highest BCUT2D eigenvalue weighted by atomic mass is 32.1. The first-order valence-corrected chi connectivity index (χ1v) is 12.6. The van der Waals surface area contributed by atoms with Gasteiger partial charge in [-0.15, -0.1) is 11.3 Å². The van der Waals surface area contributed by atoms with Crippen LogP contribution >= 0.6 is 11.3 Å². The molecule has 184 valence electrons. The Morgan fingerprint density at radius 2 is 1.88 bits per heavy atom. The average molecular weight is 487 g/mol. The number of carbonyl (C=O) groups excluding carboxylic acids is 3. The fourth-order valence-electron chi connectivity index (χ4n) is 4.28. The predicted molar refractivity (Wildman–Crippen MR) is 132 cm³/mol. The number of benzene rings is 1. The second-order valence-corrected chi connectivity index (χ2v) is 9.79. The van der Waals surface area contributed by atoms with Crippen LogP contribution in [-0.4, -0.2) is 60.9 Å². The summed E-state index contributed by atoms with van der Waals surface area (Å²) in [5.41, 5.74) is 2.15. The van der Waals surface area contributed by atoms with Gasteiger partial charge in [-0.2, -0.15) is 0 Å². The van der Waals surface area contributed by atoms with Gasteiger partial charge in [0.15, 0.2) is 0 Å². The lowest BCUT2D eigenvalue weighted by atomic mass is 9.93. The third kappa shape index (κ3) is 6.38. The summed E-state index contributed by atoms with van der Waals surface area (Å²) >= 11 is 1.71. The maximum atomic E-state index is 13.6. The molecule has 0 unspecified atom stereocenters. The van der Waals surface area contributed by atoms with Gasteiger partial charge >= 0.3 is 5.97 Å². The lowest BCUT2D eigenvalue weighted by Crippen LogP contribution is -2.47. The molecule has 1 atom stereocenters. The molecular weight excluding hydrogens is 452 g/mol. The Bertz CT molecular complexity index is 985. The normalized spacial score (nSPS) is 15.1. The van der Waals surface area contributed by atoms with Crippen LogP contribution in [0, 0.1) is 5.92 Å². The SMILES string of the molecule is CCOC(=O)CCC(=O)N(CC(=O)N1CCc2sccc2[C@@H]1c1ccc(OC)cc1)CC(C)C. The lowest BCUT2D eigenvalue weighted by Gasteiger charge is -2.38. The highest BCUT2D eigenvalue weighted by Crippen LogP contribution is 2.38. The Balaban J connectivity index is 1.80. The highest BCUT2D eigenvalue weighted by Gasteiger charge is 2.34. The van der Waals surface area contributed by atoms with Gasteiger partial charge in [0, 0.05) is 24.4 Å². The van der Waals surface area contributed by atoms with Crippen molar-refractivity contribution in [2.45, 2.75) is 46.1 Å². The molecule has 0 N–H and O–H groups in total. The van der Waals surface area contributed by atoms with E-state index in [2.05, 4.69) is 11.4 Å². The number of fused-ring (bicyclic) bond motifs is 1. The van der Waals surface area contributed by atoms with Gasteiger partial charge in [0.05, 0.1) is 32.7 Å². The third-order valence-electron chi connectivity index (χ3n) is 5.83. The molecule has 2 aromatic rings. The van der Waals surface area contributed by atoms with Crippen molar-refractivity contribution in [2.75, 3.05) is 33.4 Å². The molecule has 0 saturated heterocycles. The summed E-state index contributed by atoms with van der Waals surface area (Å²) in [4.78, 5) is 43.0. The number of methoxy groups -OCH3 is 1. The molecule has 0 radical (unpaired) electrons. The zero-order chi connectivity index (χ0) is 24.7. The molecule has 3 rings (SSSR count). The minimum absolute atomic E-state index is 0.00797. The predicted octanol–water partition coefficient (Wildman–Crippen LogP) is 4.06. The quantitative estimate of drug-likeness (QED) is 0.474. The van der Waals surface area contributed by atoms with Crippen LogP contribution in [0.2, 0.25) is 0 Å². The first-order chi connectivity index (χ1) is 16.3. The Morgan fingerprint density at radius 1 is 1.15 bits per heavy atom. The molecule has 8 heteroatoms. The first-order valence-electron chi connectivity index (χ1n) is 11.8. The van der Waals surface area contributed by atoms with E-state index in [1.54, 1.807) is 30.3 Å². The van der Waals surface area contributed by atoms with Gasteiger partial charge in [-0.1, -0.05) is 26.0 Å². The highest BCUT2D eigenvalue weighted by molar-refractivity contribution is 7.10. The van der Waals surface area contributed by atoms with Crippen molar-refractivity contribution < 1.29 is 23.9 Å². The average Bonchev–Trinajstić information content (AvgIpc) is 3.30. The summed E-state index contributed by atoms with van der Waals surface area (Å²) in [6.07, 6.45) is 0.855. The monoisotopic (exact) mass is 486 g/mol. The van der Waals surface area contributed by atoms with Gasteiger partial charge in [-0.05, 0) is 54.0 Å². The maximum absolute atomic E-state index is 13.6. The van der Waals surface area contributed by atoms with E-state index in [9.17, 15) is 14.4 Å². The van der Waals surface area contributed by atoms with Crippen molar-refractivity contribution in [1.82, 2.24) is 9.80 Å². The number of rotatable bonds is 10. The summed E-state index contributed by atoms with van der Waals surface area (Å²) in [7, 11) is 1.63. The standard InChI is InChI=1S/C26H34N2O5S/c1-5-33-25(31)11-10-23(29)27(16-18(2)3)17-24(30)28-14-12-22-21(13-15-34-22)26(28)19-6-8-20(32-4)9-7-19/h6-9,13,15,18,26H,5,10-12,14,16-17H2,1-4H3/t26-/m0/s1. The van der Waals surface area contributed by atoms with Crippen molar-refractivity contribution in [2.24, 2.45) is 5.92 Å². The number of amides is 2. The molecule has 34 heavy (non-hydrogen) atoms. The van der Waals surface area contributed by atoms with Gasteiger partial charge in [-0.25, -0.2) is 0 Å². The zero-order valence-electron chi connectivity index (χ0n) is 20.4. The molecule has 7 nitrogen and oxygen atoms in total. The third-order valence-corrected chi connectivity index (χ3v) is 6.83. The van der Waals surface area contributed by atoms with Crippen molar-refractivity contribution in [3.05, 3.63) is 51.7 Å². The Labute approximate surface area is 205 Å². The second kappa shape index (κ2) is 12.0. The molecule has 0 fully saturated rings. The Hall–Kier alpha value is -2.87. The summed E-state index contributed by atoms with van der Waals surface area (Å²) in [5.74, 6) is 0.263. The minimum atomic E-state index is -0.396. The molecule has 1 aliphatic heterocycles. The number of hydrogen-bond donors (Lipinski definition) is 0. The molecular formula is C26H34N2O5S. The zero-order valence-corrected chi connectivity index (χ0v) is 21.2. The van der Waals surface area contributed by atoms with Crippen LogP contribution < -0.4 is 4.74 Å². The molecule has 2 amide bonds. The molecule has 1 aromatic carbocycles. The number of hydrogen-bond acceptors (Lipinski definition) is 6. The molecule has 0 spiro atoms. The smallest absolute Gasteiger partial charge is 0.306 e. The van der Waals surface area contributed by atoms with Crippen LogP contribution in [0.25, 0.3) is 0 Å². The lowest BCUT2D eigenvalue weighted by molar-refractivity contribution is -0.147. The van der Waals surface area contributed by atoms with Crippen LogP contribution in [0.3, 0.4) is 0 Å². The minimum Gasteiger partial charge on any atom is -0.497 e. The van der Waals surface area contributed by atoms with Crippen LogP contribution in [0.1, 0.15) is 55.7 Å². The van der Waals surface area contributed by atoms with E-state index < -0.39 is 5.97 Å². The largest absolute Gasteiger partial charge is 0.497 e. The van der Waals surface area contributed by atoms with E-state index >= 15 is 0 Å². The summed E-state index contributed by atoms with van der Waals surface area (Å²) in [6.45, 7) is 7.08. The van der Waals surface area contributed by atoms with Crippen molar-refractivity contribution in [3.8, 4) is 5.75 Å². The summed E-state index contributed by atoms with van der Waals surface area (Å²) < 4.78 is 10.2. The number of esters is 1. The molecule has 0 saturated carbocycles. The van der Waals surface area contributed by atoms with Crippen LogP contribution in [0.5, 0.6) is 5.75 Å². The van der Waals surface area contributed by atoms with Gasteiger partial charge in [0.25, 0.3) is 0 Å². The molecule has 0 aliphatic carbocycles. The van der Waals surface area contributed by atoms with Gasteiger partial charge in [0.2, 0.25) is 11.8 Å². The fourth-order valence-corrected chi connectivity index (χ4v) is 5.18. The van der Waals surface area contributed by atoms with Crippen molar-refractivity contribution >= 4 is 29.1 Å². The van der Waals surface area contributed by atoms with E-state index in [-0.39, 0.29) is 49.8 Å². The summed E-state index contributed by atoms with van der Waals surface area (Å²) in [6, 6.07) is 9.68. The van der Waals surface area contributed by atoms with Crippen LogP contribution in [0.4, 0.5) is 0 Å². The number of thiophene rings is 1. The fraction of sp³-hybridized carbons (Fsp3) is 0.500. The molecule has 0 bridgehead atoms. The Morgan fingerprint density at radius 3 is 2.53 bits per heavy atom. The van der Waals surface area contributed by atoms with Crippen LogP contribution in [0.15, 0.2) is 35.7 Å². The van der Waals surface area contributed by atoms with E-state index in [1.165, 1.54) is 4.88 Å². The topological polar surface area (TPSA) is 76.2 Å². The van der Waals surface area contributed by atoms with E-state index in [0.29, 0.717) is 13.1 Å². The van der Waals surface area contributed by atoms with Crippen molar-refractivity contribution in [1.29, 1.82) is 0 Å². The van der Waals surface area contributed by atoms with Gasteiger partial charge < -0.3 is 19.3 Å². The molecule has 1 aromatic heterocycles. The number of carbonyl (C=O) groups is 3. The molecule has 2 heterocycles. The van der Waals surface area contributed by atoms with Crippen molar-refractivity contribution in [3.63, 3.8) is 0 Å². The summed E-state index contributed by atoms with van der Waals surface area (Å²) in [5, 5.41) is 2.07. The molecule has 1 aliphatic rings. The maximum Gasteiger partial charge on any atom is 0.306 e. The van der Waals surface area contributed by atoms with Crippen LogP contribution in [-0.2, 0) is 25.5 Å². The van der Waals surface area contributed by atoms with E-state index in [0.717, 1.165) is 23.3 Å². The first kappa shape index (κ1) is 25.7. The van der Waals surface area contributed by atoms with E-state index in [1.807, 2.05) is 43.0 Å². The van der Waals surface area contributed by atoms with Gasteiger partial charge in [0.1, 0.15) is 5.75 Å². The van der Waals surface area contributed by atoms with Gasteiger partial charge in [-0.3, -0.25) is 14.4 Å². The Kier molecular flexibility index (Phi) is 9.10. The van der Waals surface area contributed by atoms with E-state index in [4.69, 9.17) is 9.47 Å².